The van der Waals surface area contributed by atoms with Crippen molar-refractivity contribution in [1.82, 2.24) is 15.5 Å². The summed E-state index contributed by atoms with van der Waals surface area (Å²) in [7, 11) is 1.99. The van der Waals surface area contributed by atoms with Crippen LogP contribution < -0.4 is 10.2 Å². The molecule has 5 nitrogen and oxygen atoms in total. The Morgan fingerprint density at radius 2 is 2.05 bits per heavy atom. The molecule has 0 aliphatic heterocycles. The topological polar surface area (TPSA) is 54.2 Å². The van der Waals surface area contributed by atoms with Gasteiger partial charge in [-0.3, -0.25) is 0 Å². The molecule has 1 aromatic rings. The van der Waals surface area contributed by atoms with E-state index >= 15 is 0 Å². The predicted molar refractivity (Wildman–Crippen MR) is 76.5 cm³/mol. The minimum atomic E-state index is 0.369. The van der Waals surface area contributed by atoms with Gasteiger partial charge >= 0.3 is 0 Å². The Kier molecular flexibility index (Phi) is 5.19. The predicted octanol–water partition coefficient (Wildman–Crippen LogP) is 2.55. The molecule has 2 unspecified atom stereocenters. The van der Waals surface area contributed by atoms with Gasteiger partial charge in [0.15, 0.2) is 0 Å². The number of hydrogen-bond acceptors (Lipinski definition) is 5. The molecule has 19 heavy (non-hydrogen) atoms. The highest BCUT2D eigenvalue weighted by Crippen LogP contribution is 2.31. The number of rotatable bonds is 5. The minimum absolute atomic E-state index is 0.369. The van der Waals surface area contributed by atoms with E-state index in [2.05, 4.69) is 29.3 Å². The third-order valence-corrected chi connectivity index (χ3v) is 4.05. The van der Waals surface area contributed by atoms with Crippen molar-refractivity contribution in [3.05, 3.63) is 5.89 Å². The van der Waals surface area contributed by atoms with Crippen LogP contribution in [0.1, 0.15) is 57.8 Å². The first-order chi connectivity index (χ1) is 9.26. The van der Waals surface area contributed by atoms with Crippen LogP contribution in [0.4, 0.5) is 5.95 Å². The number of likely N-dealkylation sites (N-methyl/N-ethyl adjacent to an activating group) is 1. The second kappa shape index (κ2) is 6.89. The summed E-state index contributed by atoms with van der Waals surface area (Å²) in [5.41, 5.74) is 0. The molecule has 0 radical (unpaired) electrons. The monoisotopic (exact) mass is 266 g/mol. The average Bonchev–Trinajstić information content (AvgIpc) is 2.80. The highest BCUT2D eigenvalue weighted by molar-refractivity contribution is 5.26. The van der Waals surface area contributed by atoms with E-state index in [1.807, 2.05) is 11.9 Å². The molecule has 1 saturated carbocycles. The Bertz CT molecular complexity index is 379. The van der Waals surface area contributed by atoms with Crippen molar-refractivity contribution < 1.29 is 4.52 Å². The van der Waals surface area contributed by atoms with Crippen LogP contribution in [0.2, 0.25) is 0 Å². The molecule has 108 valence electrons. The Hall–Kier alpha value is -1.10. The van der Waals surface area contributed by atoms with Gasteiger partial charge < -0.3 is 14.7 Å². The van der Waals surface area contributed by atoms with E-state index in [0.29, 0.717) is 17.9 Å². The largest absolute Gasteiger partial charge is 0.342 e. The molecular weight excluding hydrogens is 240 g/mol. The van der Waals surface area contributed by atoms with E-state index < -0.39 is 0 Å². The quantitative estimate of drug-likeness (QED) is 0.830. The first-order valence-electron chi connectivity index (χ1n) is 7.54. The lowest BCUT2D eigenvalue weighted by Crippen LogP contribution is -2.34. The molecule has 0 bridgehead atoms. The Labute approximate surface area is 115 Å². The maximum atomic E-state index is 5.52. The van der Waals surface area contributed by atoms with Crippen LogP contribution in [0.15, 0.2) is 4.52 Å². The van der Waals surface area contributed by atoms with Crippen molar-refractivity contribution >= 4 is 5.95 Å². The van der Waals surface area contributed by atoms with Crippen LogP contribution >= 0.6 is 0 Å². The molecule has 2 rings (SSSR count). The SMILES string of the molecule is CCNC1CCCCCC1c1nc(N(C)CC)no1. The number of anilines is 1. The first-order valence-corrected chi connectivity index (χ1v) is 7.54. The molecule has 1 aliphatic rings. The van der Waals surface area contributed by atoms with E-state index in [-0.39, 0.29) is 0 Å². The minimum Gasteiger partial charge on any atom is -0.342 e. The highest BCUT2D eigenvalue weighted by atomic mass is 16.5. The smallest absolute Gasteiger partial charge is 0.265 e. The molecule has 2 atom stereocenters. The van der Waals surface area contributed by atoms with E-state index in [9.17, 15) is 0 Å². The summed E-state index contributed by atoms with van der Waals surface area (Å²) in [5.74, 6) is 1.88. The molecule has 1 N–H and O–H groups in total. The Morgan fingerprint density at radius 1 is 1.26 bits per heavy atom. The van der Waals surface area contributed by atoms with Gasteiger partial charge in [-0.25, -0.2) is 0 Å². The van der Waals surface area contributed by atoms with Crippen molar-refractivity contribution in [2.45, 2.75) is 57.9 Å². The van der Waals surface area contributed by atoms with Gasteiger partial charge in [0.25, 0.3) is 5.95 Å². The van der Waals surface area contributed by atoms with E-state index in [1.54, 1.807) is 0 Å². The Balaban J connectivity index is 2.13. The molecule has 0 saturated heterocycles. The van der Waals surface area contributed by atoms with E-state index in [1.165, 1.54) is 25.7 Å². The summed E-state index contributed by atoms with van der Waals surface area (Å²) < 4.78 is 5.52. The lowest BCUT2D eigenvalue weighted by atomic mass is 9.94. The van der Waals surface area contributed by atoms with E-state index in [0.717, 1.165) is 25.4 Å². The fourth-order valence-corrected chi connectivity index (χ4v) is 2.78. The van der Waals surface area contributed by atoms with Gasteiger partial charge in [0.2, 0.25) is 5.89 Å². The van der Waals surface area contributed by atoms with Crippen LogP contribution in [0, 0.1) is 0 Å². The second-order valence-corrected chi connectivity index (χ2v) is 5.36. The summed E-state index contributed by atoms with van der Waals surface area (Å²) in [6, 6.07) is 0.479. The molecule has 5 heteroatoms. The summed E-state index contributed by atoms with van der Waals surface area (Å²) in [5, 5.41) is 7.68. The lowest BCUT2D eigenvalue weighted by Gasteiger charge is -2.22. The van der Waals surface area contributed by atoms with Gasteiger partial charge in [0.1, 0.15) is 0 Å². The van der Waals surface area contributed by atoms with Crippen LogP contribution in [-0.4, -0.2) is 36.3 Å². The van der Waals surface area contributed by atoms with Crippen LogP contribution in [-0.2, 0) is 0 Å². The van der Waals surface area contributed by atoms with Crippen molar-refractivity contribution in [3.63, 3.8) is 0 Å². The van der Waals surface area contributed by atoms with Gasteiger partial charge in [0, 0.05) is 19.6 Å². The van der Waals surface area contributed by atoms with Gasteiger partial charge in [-0.15, -0.1) is 0 Å². The average molecular weight is 266 g/mol. The highest BCUT2D eigenvalue weighted by Gasteiger charge is 2.29. The zero-order valence-electron chi connectivity index (χ0n) is 12.4. The van der Waals surface area contributed by atoms with Crippen molar-refractivity contribution in [1.29, 1.82) is 0 Å². The molecule has 1 aliphatic carbocycles. The van der Waals surface area contributed by atoms with Crippen LogP contribution in [0.5, 0.6) is 0 Å². The van der Waals surface area contributed by atoms with Crippen LogP contribution in [0.25, 0.3) is 0 Å². The van der Waals surface area contributed by atoms with Gasteiger partial charge in [0.05, 0.1) is 5.92 Å². The normalized spacial score (nSPS) is 24.2. The maximum absolute atomic E-state index is 5.52. The molecule has 0 aromatic carbocycles. The van der Waals surface area contributed by atoms with Crippen molar-refractivity contribution in [3.8, 4) is 0 Å². The lowest BCUT2D eigenvalue weighted by molar-refractivity contribution is 0.306. The molecule has 1 heterocycles. The molecule has 0 amide bonds. The summed E-state index contributed by atoms with van der Waals surface area (Å²) >= 11 is 0. The van der Waals surface area contributed by atoms with Crippen molar-refractivity contribution in [2.75, 3.05) is 25.0 Å². The van der Waals surface area contributed by atoms with E-state index in [4.69, 9.17) is 4.52 Å². The molecule has 0 spiro atoms. The summed E-state index contributed by atoms with van der Waals surface area (Å²) in [6.45, 7) is 6.13. The number of hydrogen-bond donors (Lipinski definition) is 1. The molecule has 1 fully saturated rings. The first kappa shape index (κ1) is 14.3. The van der Waals surface area contributed by atoms with Crippen LogP contribution in [0.3, 0.4) is 0 Å². The zero-order chi connectivity index (χ0) is 13.7. The number of nitrogens with zero attached hydrogens (tertiary/aromatic N) is 3. The standard InChI is InChI=1S/C14H26N4O/c1-4-15-12-10-8-6-7-9-11(12)13-16-14(17-19-13)18(3)5-2/h11-12,15H,4-10H2,1-3H3. The summed E-state index contributed by atoms with van der Waals surface area (Å²) in [4.78, 5) is 6.59. The maximum Gasteiger partial charge on any atom is 0.265 e. The fourth-order valence-electron chi connectivity index (χ4n) is 2.78. The van der Waals surface area contributed by atoms with Gasteiger partial charge in [-0.05, 0) is 31.5 Å². The summed E-state index contributed by atoms with van der Waals surface area (Å²) in [6.07, 6.45) is 6.22. The van der Waals surface area contributed by atoms with Gasteiger partial charge in [-0.2, -0.15) is 4.98 Å². The third kappa shape index (κ3) is 3.47. The number of aromatic nitrogens is 2. The van der Waals surface area contributed by atoms with Gasteiger partial charge in [-0.1, -0.05) is 26.2 Å². The fraction of sp³-hybridized carbons (Fsp3) is 0.857. The molecule has 1 aromatic heterocycles. The second-order valence-electron chi connectivity index (χ2n) is 5.36. The zero-order valence-corrected chi connectivity index (χ0v) is 12.4. The Morgan fingerprint density at radius 3 is 2.79 bits per heavy atom. The molecular formula is C14H26N4O. The van der Waals surface area contributed by atoms with Crippen molar-refractivity contribution in [2.24, 2.45) is 0 Å². The number of nitrogens with one attached hydrogen (secondary N) is 1. The third-order valence-electron chi connectivity index (χ3n) is 4.05.